The molecule has 0 spiro atoms. The van der Waals surface area contributed by atoms with Crippen molar-refractivity contribution in [2.24, 2.45) is 11.7 Å². The van der Waals surface area contributed by atoms with E-state index >= 15 is 0 Å². The number of aromatic nitrogens is 3. The Morgan fingerprint density at radius 1 is 1.65 bits per heavy atom. The number of fused-ring (bicyclic) bond motifs is 1. The number of hydrogen-bond donors (Lipinski definition) is 1. The molecule has 94 valence electrons. The van der Waals surface area contributed by atoms with Gasteiger partial charge in [-0.1, -0.05) is 0 Å². The number of carbonyl (C=O) groups is 1. The van der Waals surface area contributed by atoms with Crippen molar-refractivity contribution in [1.29, 1.82) is 0 Å². The molecule has 0 saturated carbocycles. The monoisotopic (exact) mass is 238 g/mol. The number of nitrogens with two attached hydrogens (primary N) is 1. The summed E-state index contributed by atoms with van der Waals surface area (Å²) in [4.78, 5) is 16.1. The van der Waals surface area contributed by atoms with Gasteiger partial charge in [-0.25, -0.2) is 9.67 Å². The highest BCUT2D eigenvalue weighted by atomic mass is 16.5. The Hall–Kier alpha value is -1.43. The fourth-order valence-electron chi connectivity index (χ4n) is 1.97. The average molecular weight is 238 g/mol. The van der Waals surface area contributed by atoms with Crippen molar-refractivity contribution in [2.45, 2.75) is 45.9 Å². The summed E-state index contributed by atoms with van der Waals surface area (Å²) in [6.07, 6.45) is 1.46. The van der Waals surface area contributed by atoms with Crippen LogP contribution in [0.2, 0.25) is 0 Å². The summed E-state index contributed by atoms with van der Waals surface area (Å²) < 4.78 is 6.99. The lowest BCUT2D eigenvalue weighted by Crippen LogP contribution is -2.30. The lowest BCUT2D eigenvalue weighted by Gasteiger charge is -2.21. The molecule has 0 amide bonds. The molecule has 0 radical (unpaired) electrons. The van der Waals surface area contributed by atoms with Gasteiger partial charge in [0, 0.05) is 6.42 Å². The van der Waals surface area contributed by atoms with Crippen molar-refractivity contribution in [3.05, 3.63) is 11.6 Å². The molecule has 1 aliphatic rings. The summed E-state index contributed by atoms with van der Waals surface area (Å²) in [6.45, 7) is 4.59. The second kappa shape index (κ2) is 4.83. The largest absolute Gasteiger partial charge is 0.463 e. The maximum absolute atomic E-state index is 11.8. The second-order valence-corrected chi connectivity index (χ2v) is 4.55. The van der Waals surface area contributed by atoms with Crippen LogP contribution in [0.4, 0.5) is 0 Å². The third kappa shape index (κ3) is 2.63. The van der Waals surface area contributed by atoms with E-state index < -0.39 is 0 Å². The summed E-state index contributed by atoms with van der Waals surface area (Å²) in [5.41, 5.74) is 5.49. The van der Waals surface area contributed by atoms with Crippen LogP contribution in [0.3, 0.4) is 0 Å². The Kier molecular flexibility index (Phi) is 3.42. The third-order valence-corrected chi connectivity index (χ3v) is 2.77. The van der Waals surface area contributed by atoms with Crippen LogP contribution in [0.25, 0.3) is 0 Å². The Labute approximate surface area is 100 Å². The molecule has 1 aliphatic heterocycles. The number of aryl methyl sites for hydroxylation is 1. The van der Waals surface area contributed by atoms with E-state index in [1.807, 2.05) is 13.8 Å². The highest BCUT2D eigenvalue weighted by Crippen LogP contribution is 2.20. The van der Waals surface area contributed by atoms with E-state index in [4.69, 9.17) is 10.5 Å². The van der Waals surface area contributed by atoms with Gasteiger partial charge in [-0.05, 0) is 20.3 Å². The Morgan fingerprint density at radius 2 is 2.41 bits per heavy atom. The second-order valence-electron chi connectivity index (χ2n) is 4.55. The number of carbonyl (C=O) groups excluding carboxylic acids is 1. The first-order valence-electron chi connectivity index (χ1n) is 5.93. The van der Waals surface area contributed by atoms with Gasteiger partial charge < -0.3 is 10.5 Å². The smallest absolute Gasteiger partial charge is 0.311 e. The van der Waals surface area contributed by atoms with Gasteiger partial charge in [-0.2, -0.15) is 5.10 Å². The molecule has 6 heteroatoms. The minimum atomic E-state index is -0.143. The minimum Gasteiger partial charge on any atom is -0.463 e. The van der Waals surface area contributed by atoms with Crippen LogP contribution in [-0.4, -0.2) is 26.8 Å². The quantitative estimate of drug-likeness (QED) is 0.763. The van der Waals surface area contributed by atoms with Crippen LogP contribution in [-0.2, 0) is 29.0 Å². The molecule has 1 aromatic rings. The predicted molar refractivity (Wildman–Crippen MR) is 61.0 cm³/mol. The normalized spacial score (nSPS) is 19.2. The van der Waals surface area contributed by atoms with Gasteiger partial charge in [0.05, 0.1) is 25.1 Å². The van der Waals surface area contributed by atoms with Crippen LogP contribution in [0.5, 0.6) is 0 Å². The Balaban J connectivity index is 2.05. The number of nitrogens with zero attached hydrogens (tertiary/aromatic N) is 3. The molecule has 2 heterocycles. The lowest BCUT2D eigenvalue weighted by molar-refractivity contribution is -0.153. The van der Waals surface area contributed by atoms with Gasteiger partial charge in [-0.15, -0.1) is 0 Å². The summed E-state index contributed by atoms with van der Waals surface area (Å²) in [5, 5.41) is 4.25. The van der Waals surface area contributed by atoms with Crippen LogP contribution in [0, 0.1) is 5.92 Å². The zero-order chi connectivity index (χ0) is 12.4. The molecule has 17 heavy (non-hydrogen) atoms. The Morgan fingerprint density at radius 3 is 3.06 bits per heavy atom. The van der Waals surface area contributed by atoms with Gasteiger partial charge in [0.2, 0.25) is 0 Å². The van der Waals surface area contributed by atoms with Gasteiger partial charge in [0.1, 0.15) is 5.82 Å². The van der Waals surface area contributed by atoms with Crippen molar-refractivity contribution in [3.63, 3.8) is 0 Å². The highest BCUT2D eigenvalue weighted by molar-refractivity contribution is 5.72. The summed E-state index contributed by atoms with van der Waals surface area (Å²) in [6, 6.07) is 0. The first-order valence-corrected chi connectivity index (χ1v) is 5.93. The molecule has 0 aromatic carbocycles. The van der Waals surface area contributed by atoms with Crippen LogP contribution in [0.15, 0.2) is 0 Å². The fraction of sp³-hybridized carbons (Fsp3) is 0.727. The van der Waals surface area contributed by atoms with Crippen molar-refractivity contribution >= 4 is 5.97 Å². The first kappa shape index (κ1) is 12.0. The van der Waals surface area contributed by atoms with Crippen molar-refractivity contribution < 1.29 is 9.53 Å². The molecule has 0 bridgehead atoms. The van der Waals surface area contributed by atoms with Crippen molar-refractivity contribution in [1.82, 2.24) is 14.8 Å². The molecular formula is C11H18N4O2. The van der Waals surface area contributed by atoms with E-state index in [0.717, 1.165) is 18.7 Å². The molecule has 6 nitrogen and oxygen atoms in total. The maximum atomic E-state index is 11.8. The van der Waals surface area contributed by atoms with Gasteiger partial charge >= 0.3 is 5.97 Å². The van der Waals surface area contributed by atoms with Gasteiger partial charge in [0.25, 0.3) is 0 Å². The van der Waals surface area contributed by atoms with E-state index in [1.165, 1.54) is 0 Å². The molecule has 0 fully saturated rings. The number of hydrogen-bond acceptors (Lipinski definition) is 5. The predicted octanol–water partition coefficient (Wildman–Crippen LogP) is 0.251. The van der Waals surface area contributed by atoms with E-state index in [-0.39, 0.29) is 18.0 Å². The summed E-state index contributed by atoms with van der Waals surface area (Å²) in [7, 11) is 0. The SMILES string of the molecule is CC(C)OC(=O)C1CCc2nc(CN)nn2C1. The molecule has 2 N–H and O–H groups in total. The van der Waals surface area contributed by atoms with Crippen LogP contribution >= 0.6 is 0 Å². The molecule has 0 aliphatic carbocycles. The molecule has 1 aromatic heterocycles. The van der Waals surface area contributed by atoms with E-state index in [1.54, 1.807) is 4.68 Å². The van der Waals surface area contributed by atoms with Crippen molar-refractivity contribution in [3.8, 4) is 0 Å². The number of esters is 1. The van der Waals surface area contributed by atoms with Crippen LogP contribution in [0.1, 0.15) is 31.9 Å². The number of ether oxygens (including phenoxy) is 1. The standard InChI is InChI=1S/C11H18N4O2/c1-7(2)17-11(16)8-3-4-10-13-9(5-12)14-15(10)6-8/h7-8H,3-6,12H2,1-2H3. The number of rotatable bonds is 3. The fourth-order valence-corrected chi connectivity index (χ4v) is 1.97. The average Bonchev–Trinajstić information content (AvgIpc) is 2.69. The van der Waals surface area contributed by atoms with E-state index in [2.05, 4.69) is 10.1 Å². The van der Waals surface area contributed by atoms with Crippen LogP contribution < -0.4 is 5.73 Å². The van der Waals surface area contributed by atoms with Gasteiger partial charge in [0.15, 0.2) is 5.82 Å². The third-order valence-electron chi connectivity index (χ3n) is 2.77. The molecule has 2 rings (SSSR count). The topological polar surface area (TPSA) is 83.0 Å². The van der Waals surface area contributed by atoms with E-state index in [0.29, 0.717) is 18.9 Å². The lowest BCUT2D eigenvalue weighted by atomic mass is 10.00. The molecule has 1 unspecified atom stereocenters. The molecule has 0 saturated heterocycles. The maximum Gasteiger partial charge on any atom is 0.311 e. The first-order chi connectivity index (χ1) is 8.10. The molecule has 1 atom stereocenters. The summed E-state index contributed by atoms with van der Waals surface area (Å²) >= 11 is 0. The summed E-state index contributed by atoms with van der Waals surface area (Å²) in [5.74, 6) is 1.30. The van der Waals surface area contributed by atoms with Crippen molar-refractivity contribution in [2.75, 3.05) is 0 Å². The Bertz CT molecular complexity index is 414. The van der Waals surface area contributed by atoms with E-state index in [9.17, 15) is 4.79 Å². The zero-order valence-corrected chi connectivity index (χ0v) is 10.2. The minimum absolute atomic E-state index is 0.0701. The molecular weight excluding hydrogens is 220 g/mol. The zero-order valence-electron chi connectivity index (χ0n) is 10.2. The highest BCUT2D eigenvalue weighted by Gasteiger charge is 2.28. The van der Waals surface area contributed by atoms with Gasteiger partial charge in [-0.3, -0.25) is 4.79 Å².